The summed E-state index contributed by atoms with van der Waals surface area (Å²) in [5, 5.41) is 5.60. The SMILES string of the molecule is CCC(C)(CCNC(C)=O)OC[N+](C)(C)OCCNC(=O)CCCCN1C(=O)C=CC1=O. The van der Waals surface area contributed by atoms with Gasteiger partial charge in [-0.05, 0) is 32.6 Å². The lowest BCUT2D eigenvalue weighted by molar-refractivity contribution is -1.09. The van der Waals surface area contributed by atoms with Crippen molar-refractivity contribution < 1.29 is 33.4 Å². The van der Waals surface area contributed by atoms with Crippen LogP contribution in [0.15, 0.2) is 12.2 Å². The third-order valence-corrected chi connectivity index (χ3v) is 5.30. The molecule has 0 bridgehead atoms. The normalized spacial score (nSPS) is 15.7. The minimum Gasteiger partial charge on any atom is -0.356 e. The first kappa shape index (κ1) is 27.7. The second-order valence-corrected chi connectivity index (χ2v) is 8.69. The maximum atomic E-state index is 12.0. The molecule has 0 aromatic heterocycles. The lowest BCUT2D eigenvalue weighted by atomic mass is 9.99. The van der Waals surface area contributed by atoms with Crippen LogP contribution in [0.3, 0.4) is 0 Å². The van der Waals surface area contributed by atoms with E-state index in [9.17, 15) is 19.2 Å². The molecule has 0 fully saturated rings. The van der Waals surface area contributed by atoms with Crippen LogP contribution in [-0.2, 0) is 28.8 Å². The third kappa shape index (κ3) is 10.8. The molecule has 32 heavy (non-hydrogen) atoms. The molecular formula is C22H39N4O6+. The summed E-state index contributed by atoms with van der Waals surface area (Å²) < 4.78 is 6.26. The molecule has 1 aliphatic rings. The van der Waals surface area contributed by atoms with Gasteiger partial charge in [-0.25, -0.2) is 0 Å². The molecule has 10 heteroatoms. The van der Waals surface area contributed by atoms with Crippen molar-refractivity contribution in [1.29, 1.82) is 0 Å². The van der Waals surface area contributed by atoms with E-state index in [1.807, 2.05) is 27.9 Å². The minimum atomic E-state index is -0.365. The summed E-state index contributed by atoms with van der Waals surface area (Å²) in [5.41, 5.74) is -0.365. The number of hydroxylamine groups is 3. The minimum absolute atomic E-state index is 0.0564. The molecule has 0 radical (unpaired) electrons. The number of hydrogen-bond acceptors (Lipinski definition) is 6. The van der Waals surface area contributed by atoms with Crippen LogP contribution in [0.4, 0.5) is 0 Å². The van der Waals surface area contributed by atoms with Gasteiger partial charge in [-0.1, -0.05) is 6.92 Å². The predicted octanol–water partition coefficient (Wildman–Crippen LogP) is 0.875. The number of quaternary nitrogens is 1. The smallest absolute Gasteiger partial charge is 0.253 e. The molecule has 0 spiro atoms. The molecule has 1 aliphatic heterocycles. The second-order valence-electron chi connectivity index (χ2n) is 8.69. The van der Waals surface area contributed by atoms with Crippen LogP contribution < -0.4 is 10.6 Å². The number of imide groups is 1. The van der Waals surface area contributed by atoms with E-state index in [2.05, 4.69) is 10.6 Å². The van der Waals surface area contributed by atoms with Crippen LogP contribution in [0.5, 0.6) is 0 Å². The van der Waals surface area contributed by atoms with Crippen LogP contribution in [0.25, 0.3) is 0 Å². The molecule has 1 rings (SSSR count). The van der Waals surface area contributed by atoms with E-state index in [1.54, 1.807) is 0 Å². The maximum Gasteiger partial charge on any atom is 0.253 e. The largest absolute Gasteiger partial charge is 0.356 e. The number of carbonyl (C=O) groups excluding carboxylic acids is 4. The standard InChI is InChI=1S/C22H38N4O6/c1-6-22(3,12-13-23-18(2)27)31-17-26(4,5)32-16-14-24-19(28)9-7-8-15-25-20(29)10-11-21(25)30/h10-11H,6-9,12-17H2,1-5H3,(H-,23,24,27,28)/p+1. The molecular weight excluding hydrogens is 416 g/mol. The number of amides is 4. The first-order valence-electron chi connectivity index (χ1n) is 11.1. The van der Waals surface area contributed by atoms with Gasteiger partial charge < -0.3 is 15.4 Å². The summed E-state index contributed by atoms with van der Waals surface area (Å²) in [6.07, 6.45) is 5.53. The zero-order chi connectivity index (χ0) is 24.2. The summed E-state index contributed by atoms with van der Waals surface area (Å²) >= 11 is 0. The van der Waals surface area contributed by atoms with E-state index in [0.29, 0.717) is 58.7 Å². The Balaban J connectivity index is 2.17. The highest BCUT2D eigenvalue weighted by molar-refractivity contribution is 6.12. The van der Waals surface area contributed by atoms with Gasteiger partial charge in [0.05, 0.1) is 5.60 Å². The molecule has 1 atom stereocenters. The van der Waals surface area contributed by atoms with E-state index in [0.717, 1.165) is 6.42 Å². The number of nitrogens with zero attached hydrogens (tertiary/aromatic N) is 2. The summed E-state index contributed by atoms with van der Waals surface area (Å²) in [6.45, 7) is 7.48. The number of hydrogen-bond donors (Lipinski definition) is 2. The molecule has 0 saturated heterocycles. The molecule has 2 N–H and O–H groups in total. The van der Waals surface area contributed by atoms with Crippen LogP contribution in [0.2, 0.25) is 0 Å². The number of unbranched alkanes of at least 4 members (excludes halogenated alkanes) is 1. The highest BCUT2D eigenvalue weighted by atomic mass is 16.7. The van der Waals surface area contributed by atoms with Crippen LogP contribution in [-0.4, -0.2) is 85.8 Å². The van der Waals surface area contributed by atoms with E-state index in [4.69, 9.17) is 9.57 Å². The van der Waals surface area contributed by atoms with Crippen molar-refractivity contribution in [2.24, 2.45) is 0 Å². The van der Waals surface area contributed by atoms with Crippen molar-refractivity contribution in [1.82, 2.24) is 15.5 Å². The summed E-state index contributed by atoms with van der Waals surface area (Å²) in [7, 11) is 3.75. The molecule has 182 valence electrons. The number of nitrogens with one attached hydrogen (secondary N) is 2. The molecule has 0 aliphatic carbocycles. The van der Waals surface area contributed by atoms with Gasteiger partial charge >= 0.3 is 0 Å². The topological polar surface area (TPSA) is 114 Å². The fourth-order valence-electron chi connectivity index (χ4n) is 2.98. The van der Waals surface area contributed by atoms with Crippen molar-refractivity contribution in [2.75, 3.05) is 47.1 Å². The maximum absolute atomic E-state index is 12.0. The summed E-state index contributed by atoms with van der Waals surface area (Å²) in [6, 6.07) is 0. The Labute approximate surface area is 190 Å². The first-order valence-corrected chi connectivity index (χ1v) is 11.1. The number of rotatable bonds is 16. The van der Waals surface area contributed by atoms with E-state index < -0.39 is 0 Å². The van der Waals surface area contributed by atoms with Gasteiger partial charge in [0.15, 0.2) is 0 Å². The third-order valence-electron chi connectivity index (χ3n) is 5.30. The van der Waals surface area contributed by atoms with Gasteiger partial charge in [-0.3, -0.25) is 24.1 Å². The zero-order valence-electron chi connectivity index (χ0n) is 20.1. The fourth-order valence-corrected chi connectivity index (χ4v) is 2.98. The highest BCUT2D eigenvalue weighted by Gasteiger charge is 2.28. The second kappa shape index (κ2) is 13.3. The van der Waals surface area contributed by atoms with Crippen LogP contribution in [0.1, 0.15) is 52.9 Å². The van der Waals surface area contributed by atoms with Gasteiger partial charge in [-0.15, -0.1) is 0 Å². The molecule has 0 aromatic rings. The lowest BCUT2D eigenvalue weighted by Crippen LogP contribution is -2.47. The van der Waals surface area contributed by atoms with E-state index in [1.165, 1.54) is 24.0 Å². The van der Waals surface area contributed by atoms with Gasteiger partial charge in [-0.2, -0.15) is 9.48 Å². The van der Waals surface area contributed by atoms with E-state index >= 15 is 0 Å². The van der Waals surface area contributed by atoms with Crippen molar-refractivity contribution in [3.8, 4) is 0 Å². The Morgan fingerprint density at radius 1 is 1.09 bits per heavy atom. The molecule has 1 unspecified atom stereocenters. The number of ether oxygens (including phenoxy) is 1. The van der Waals surface area contributed by atoms with Gasteiger partial charge in [0.1, 0.15) is 20.7 Å². The predicted molar refractivity (Wildman–Crippen MR) is 119 cm³/mol. The summed E-state index contributed by atoms with van der Waals surface area (Å²) in [4.78, 5) is 52.9. The van der Waals surface area contributed by atoms with Crippen molar-refractivity contribution in [3.05, 3.63) is 12.2 Å². The molecule has 1 heterocycles. The Morgan fingerprint density at radius 2 is 1.75 bits per heavy atom. The van der Waals surface area contributed by atoms with Crippen molar-refractivity contribution in [2.45, 2.75) is 58.5 Å². The Hall–Kier alpha value is -2.30. The monoisotopic (exact) mass is 455 g/mol. The molecule has 0 aromatic carbocycles. The van der Waals surface area contributed by atoms with Crippen molar-refractivity contribution in [3.63, 3.8) is 0 Å². The van der Waals surface area contributed by atoms with Gasteiger partial charge in [0.25, 0.3) is 11.8 Å². The average molecular weight is 456 g/mol. The molecule has 4 amide bonds. The highest BCUT2D eigenvalue weighted by Crippen LogP contribution is 2.20. The Kier molecular flexibility index (Phi) is 11.5. The van der Waals surface area contributed by atoms with Crippen LogP contribution in [0, 0.1) is 0 Å². The fraction of sp³-hybridized carbons (Fsp3) is 0.727. The average Bonchev–Trinajstić information content (AvgIpc) is 3.04. The van der Waals surface area contributed by atoms with Crippen molar-refractivity contribution >= 4 is 23.6 Å². The molecule has 10 nitrogen and oxygen atoms in total. The summed E-state index contributed by atoms with van der Waals surface area (Å²) in [5.74, 6) is -0.746. The number of carbonyl (C=O) groups is 4. The van der Waals surface area contributed by atoms with Crippen LogP contribution >= 0.6 is 0 Å². The zero-order valence-corrected chi connectivity index (χ0v) is 20.1. The molecule has 0 saturated carbocycles. The van der Waals surface area contributed by atoms with E-state index in [-0.39, 0.29) is 33.9 Å². The first-order chi connectivity index (χ1) is 15.0. The Bertz CT molecular complexity index is 676. The Morgan fingerprint density at radius 3 is 2.34 bits per heavy atom. The van der Waals surface area contributed by atoms with Gasteiger partial charge in [0, 0.05) is 45.1 Å². The quantitative estimate of drug-likeness (QED) is 0.117. The lowest BCUT2D eigenvalue weighted by Gasteiger charge is -2.33. The van der Waals surface area contributed by atoms with Gasteiger partial charge in [0.2, 0.25) is 18.5 Å².